The van der Waals surface area contributed by atoms with Gasteiger partial charge in [0.1, 0.15) is 0 Å². The Kier molecular flexibility index (Phi) is 12.6. The van der Waals surface area contributed by atoms with Crippen molar-refractivity contribution in [2.45, 2.75) is 72.9 Å². The molecule has 0 spiro atoms. The van der Waals surface area contributed by atoms with Gasteiger partial charge in [-0.3, -0.25) is 0 Å². The van der Waals surface area contributed by atoms with Crippen molar-refractivity contribution in [3.63, 3.8) is 0 Å². The maximum atomic E-state index is 14.3. The Hall–Kier alpha value is -2.43. The Morgan fingerprint density at radius 3 is 2.34 bits per heavy atom. The first kappa shape index (κ1) is 30.1. The molecule has 1 N–H and O–H groups in total. The summed E-state index contributed by atoms with van der Waals surface area (Å²) in [5.74, 6) is -1.51. The number of rotatable bonds is 16. The molecule has 0 aliphatic rings. The number of carbonyl (C=O) groups excluding carboxylic acids is 1. The zero-order chi connectivity index (χ0) is 27.3. The molecule has 1 unspecified atom stereocenters. The van der Waals surface area contributed by atoms with Gasteiger partial charge in [0.2, 0.25) is 0 Å². The molecule has 0 radical (unpaired) electrons. The molecule has 7 heteroatoms. The van der Waals surface area contributed by atoms with E-state index >= 15 is 0 Å². The summed E-state index contributed by atoms with van der Waals surface area (Å²) in [6, 6.07) is 18.7. The SMILES string of the molecule is CCCCCCC[As](Cc1ccc(F)cc1F)C(=O)CCc1ccc(SCc2ccccc2C(=O)O)cc1. The molecular formula is C31H35AsF2O3S. The fraction of sp³-hybridized carbons (Fsp3) is 0.355. The summed E-state index contributed by atoms with van der Waals surface area (Å²) >= 11 is -0.420. The summed E-state index contributed by atoms with van der Waals surface area (Å²) in [5.41, 5.74) is 2.63. The Morgan fingerprint density at radius 2 is 1.63 bits per heavy atom. The van der Waals surface area contributed by atoms with E-state index in [1.54, 1.807) is 23.9 Å². The Morgan fingerprint density at radius 1 is 0.895 bits per heavy atom. The zero-order valence-corrected chi connectivity index (χ0v) is 24.5. The molecule has 3 nitrogen and oxygen atoms in total. The minimum atomic E-state index is -2.00. The van der Waals surface area contributed by atoms with Crippen molar-refractivity contribution in [1.29, 1.82) is 0 Å². The fourth-order valence-corrected chi connectivity index (χ4v) is 9.93. The van der Waals surface area contributed by atoms with E-state index in [0.717, 1.165) is 53.0 Å². The molecule has 3 rings (SSSR count). The van der Waals surface area contributed by atoms with E-state index in [2.05, 4.69) is 6.92 Å². The van der Waals surface area contributed by atoms with Crippen LogP contribution < -0.4 is 0 Å². The van der Waals surface area contributed by atoms with E-state index < -0.39 is 32.3 Å². The van der Waals surface area contributed by atoms with Gasteiger partial charge in [-0.25, -0.2) is 4.79 Å². The van der Waals surface area contributed by atoms with E-state index in [9.17, 15) is 23.5 Å². The van der Waals surface area contributed by atoms with Gasteiger partial charge in [0.05, 0.1) is 0 Å². The van der Waals surface area contributed by atoms with Crippen molar-refractivity contribution in [2.75, 3.05) is 0 Å². The van der Waals surface area contributed by atoms with E-state index in [4.69, 9.17) is 0 Å². The topological polar surface area (TPSA) is 54.4 Å². The molecule has 1 atom stereocenters. The second kappa shape index (κ2) is 15.9. The number of hydrogen-bond donors (Lipinski definition) is 1. The quantitative estimate of drug-likeness (QED) is 0.102. The Balaban J connectivity index is 1.56. The average Bonchev–Trinajstić information content (AvgIpc) is 2.91. The van der Waals surface area contributed by atoms with Gasteiger partial charge in [0.25, 0.3) is 0 Å². The molecule has 0 saturated heterocycles. The Bertz CT molecular complexity index is 1200. The van der Waals surface area contributed by atoms with Crippen LogP contribution in [0.5, 0.6) is 0 Å². The molecular weight excluding hydrogens is 565 g/mol. The summed E-state index contributed by atoms with van der Waals surface area (Å²) in [6.45, 7) is 2.17. The molecule has 0 saturated carbocycles. The summed E-state index contributed by atoms with van der Waals surface area (Å²) in [6.07, 6.45) is 6.67. The third-order valence-electron chi connectivity index (χ3n) is 6.45. The van der Waals surface area contributed by atoms with Gasteiger partial charge in [-0.1, -0.05) is 6.07 Å². The summed E-state index contributed by atoms with van der Waals surface area (Å²) in [5, 5.41) is 10.7. The molecule has 0 fully saturated rings. The monoisotopic (exact) mass is 600 g/mol. The van der Waals surface area contributed by atoms with Crippen molar-refractivity contribution in [3.05, 3.63) is 101 Å². The predicted molar refractivity (Wildman–Crippen MR) is 152 cm³/mol. The van der Waals surface area contributed by atoms with Crippen LogP contribution in [-0.2, 0) is 22.2 Å². The normalized spacial score (nSPS) is 11.9. The van der Waals surface area contributed by atoms with Gasteiger partial charge in [-0.05, 0) is 0 Å². The number of aryl methyl sites for hydroxylation is 1. The first-order chi connectivity index (χ1) is 18.4. The zero-order valence-electron chi connectivity index (χ0n) is 21.8. The van der Waals surface area contributed by atoms with Crippen LogP contribution in [0.2, 0.25) is 5.21 Å². The van der Waals surface area contributed by atoms with Gasteiger partial charge in [0, 0.05) is 0 Å². The summed E-state index contributed by atoms with van der Waals surface area (Å²) in [7, 11) is 0. The van der Waals surface area contributed by atoms with Gasteiger partial charge in [-0.15, -0.1) is 0 Å². The number of carboxylic acid groups (broad SMARTS) is 1. The minimum absolute atomic E-state index is 0.264. The van der Waals surface area contributed by atoms with Crippen molar-refractivity contribution in [2.24, 2.45) is 0 Å². The molecule has 0 aromatic heterocycles. The summed E-state index contributed by atoms with van der Waals surface area (Å²) in [4.78, 5) is 25.7. The Labute approximate surface area is 233 Å². The first-order valence-electron chi connectivity index (χ1n) is 13.1. The molecule has 3 aromatic rings. The second-order valence-corrected chi connectivity index (χ2v) is 15.3. The molecule has 0 aliphatic heterocycles. The standard InChI is InChI=1S/C31H35AsF2O3S/c1-2-3-4-5-8-19-32(21-24-14-15-26(33)20-29(24)34)30(35)18-13-23-11-16-27(17-12-23)38-22-25-9-6-7-10-28(25)31(36)37/h6-7,9-12,14-17,20H,2-5,8,13,18-19,21-22H2,1H3,(H,36,37). The molecule has 0 heterocycles. The number of carboxylic acids is 1. The van der Waals surface area contributed by atoms with Crippen LogP contribution >= 0.6 is 11.8 Å². The number of halogens is 2. The van der Waals surface area contributed by atoms with Crippen LogP contribution in [-0.4, -0.2) is 30.3 Å². The molecule has 0 aliphatic carbocycles. The first-order valence-corrected chi connectivity index (χ1v) is 17.7. The van der Waals surface area contributed by atoms with E-state index in [0.29, 0.717) is 34.9 Å². The maximum absolute atomic E-state index is 14.3. The van der Waals surface area contributed by atoms with Crippen molar-refractivity contribution in [1.82, 2.24) is 0 Å². The van der Waals surface area contributed by atoms with Crippen molar-refractivity contribution < 1.29 is 23.5 Å². The van der Waals surface area contributed by atoms with E-state index in [1.807, 2.05) is 36.4 Å². The molecule has 0 bridgehead atoms. The van der Waals surface area contributed by atoms with Crippen molar-refractivity contribution in [3.8, 4) is 0 Å². The van der Waals surface area contributed by atoms with Crippen LogP contribution in [0.3, 0.4) is 0 Å². The van der Waals surface area contributed by atoms with Gasteiger partial charge in [-0.2, -0.15) is 0 Å². The van der Waals surface area contributed by atoms with E-state index in [1.165, 1.54) is 18.6 Å². The van der Waals surface area contributed by atoms with Gasteiger partial charge in [0.15, 0.2) is 0 Å². The van der Waals surface area contributed by atoms with Crippen LogP contribution in [0.15, 0.2) is 71.6 Å². The van der Waals surface area contributed by atoms with Crippen molar-refractivity contribution >= 4 is 37.0 Å². The van der Waals surface area contributed by atoms with Crippen LogP contribution in [0.25, 0.3) is 0 Å². The van der Waals surface area contributed by atoms with Gasteiger partial charge >= 0.3 is 218 Å². The molecule has 3 aromatic carbocycles. The number of hydrogen-bond acceptors (Lipinski definition) is 3. The number of carbonyl (C=O) groups is 2. The second-order valence-electron chi connectivity index (χ2n) is 9.36. The third kappa shape index (κ3) is 9.71. The van der Waals surface area contributed by atoms with Crippen LogP contribution in [0.1, 0.15) is 72.5 Å². The van der Waals surface area contributed by atoms with Gasteiger partial charge < -0.3 is 5.11 Å². The molecule has 38 heavy (non-hydrogen) atoms. The number of thioether (sulfide) groups is 1. The molecule has 0 amide bonds. The number of benzene rings is 3. The van der Waals surface area contributed by atoms with E-state index in [-0.39, 0.29) is 4.57 Å². The average molecular weight is 601 g/mol. The van der Waals surface area contributed by atoms with Crippen LogP contribution in [0.4, 0.5) is 8.78 Å². The van der Waals surface area contributed by atoms with Crippen LogP contribution in [0, 0.1) is 11.6 Å². The fourth-order valence-electron chi connectivity index (χ4n) is 4.23. The third-order valence-corrected chi connectivity index (χ3v) is 12.8. The number of aromatic carboxylic acids is 1. The molecule has 202 valence electrons. The summed E-state index contributed by atoms with van der Waals surface area (Å²) < 4.78 is 28.0. The number of unbranched alkanes of at least 4 members (excludes halogenated alkanes) is 4. The predicted octanol–water partition coefficient (Wildman–Crippen LogP) is 8.24.